The fraction of sp³-hybridized carbons (Fsp3) is 0.375. The average Bonchev–Trinajstić information content (AvgIpc) is 2.93. The fourth-order valence-corrected chi connectivity index (χ4v) is 5.57. The summed E-state index contributed by atoms with van der Waals surface area (Å²) in [6.07, 6.45) is 2.19. The highest BCUT2D eigenvalue weighted by atomic mass is 79.9. The first kappa shape index (κ1) is 16.7. The van der Waals surface area contributed by atoms with E-state index in [1.165, 1.54) is 15.3 Å². The number of rotatable bonds is 6. The Labute approximate surface area is 150 Å². The van der Waals surface area contributed by atoms with Crippen LogP contribution in [0.25, 0.3) is 0 Å². The van der Waals surface area contributed by atoms with E-state index in [1.807, 2.05) is 11.3 Å². The van der Waals surface area contributed by atoms with Crippen LogP contribution in [0.15, 0.2) is 40.9 Å². The third-order valence-corrected chi connectivity index (χ3v) is 7.45. The minimum atomic E-state index is 0.108. The topological polar surface area (TPSA) is 0 Å². The molecule has 2 rings (SSSR count). The zero-order chi connectivity index (χ0) is 14.6. The second-order valence-electron chi connectivity index (χ2n) is 4.95. The lowest BCUT2D eigenvalue weighted by Crippen LogP contribution is -2.32. The average molecular weight is 481 g/mol. The Hall–Kier alpha value is 0.360. The molecule has 4 heteroatoms. The third-order valence-electron chi connectivity index (χ3n) is 3.55. The number of aryl methyl sites for hydroxylation is 1. The van der Waals surface area contributed by atoms with Crippen LogP contribution in [0.1, 0.15) is 22.2 Å². The molecule has 0 radical (unpaired) electrons. The molecule has 0 atom stereocenters. The zero-order valence-electron chi connectivity index (χ0n) is 11.3. The van der Waals surface area contributed by atoms with Crippen LogP contribution in [0, 0.1) is 0 Å². The molecule has 0 bridgehead atoms. The summed E-state index contributed by atoms with van der Waals surface area (Å²) >= 11 is 12.9. The maximum Gasteiger partial charge on any atom is 0.0195 e. The number of halogens is 3. The number of thiophene rings is 1. The van der Waals surface area contributed by atoms with Gasteiger partial charge >= 0.3 is 0 Å². The molecule has 1 aromatic heterocycles. The molecule has 0 aliphatic heterocycles. The van der Waals surface area contributed by atoms with Crippen LogP contribution >= 0.6 is 59.1 Å². The van der Waals surface area contributed by atoms with Gasteiger partial charge in [0.25, 0.3) is 0 Å². The van der Waals surface area contributed by atoms with Gasteiger partial charge in [-0.15, -0.1) is 11.3 Å². The summed E-state index contributed by atoms with van der Waals surface area (Å²) in [5.74, 6) is 0. The lowest BCUT2D eigenvalue weighted by atomic mass is 9.81. The maximum atomic E-state index is 3.73. The quantitative estimate of drug-likeness (QED) is 0.423. The highest BCUT2D eigenvalue weighted by Crippen LogP contribution is 2.35. The van der Waals surface area contributed by atoms with E-state index in [0.717, 1.165) is 28.0 Å². The largest absolute Gasteiger partial charge is 0.145 e. The lowest BCUT2D eigenvalue weighted by Gasteiger charge is -2.30. The highest BCUT2D eigenvalue weighted by molar-refractivity contribution is 9.10. The van der Waals surface area contributed by atoms with Gasteiger partial charge in [0.05, 0.1) is 0 Å². The molecule has 0 spiro atoms. The number of hydrogen-bond donors (Lipinski definition) is 0. The van der Waals surface area contributed by atoms with Crippen LogP contribution in [0.5, 0.6) is 0 Å². The Morgan fingerprint density at radius 3 is 2.05 bits per heavy atom. The van der Waals surface area contributed by atoms with E-state index in [9.17, 15) is 0 Å². The standard InChI is InChI=1S/C16H17Br3S/c1-2-14-7-8-15(20-14)9-16(10-17,11-18)12-3-5-13(19)6-4-12/h3-8H,2,9-11H2,1H3. The van der Waals surface area contributed by atoms with Crippen molar-refractivity contribution in [3.8, 4) is 0 Å². The van der Waals surface area contributed by atoms with Crippen molar-refractivity contribution in [1.82, 2.24) is 0 Å². The normalized spacial score (nSPS) is 11.8. The van der Waals surface area contributed by atoms with Crippen molar-refractivity contribution < 1.29 is 0 Å². The molecule has 0 unspecified atom stereocenters. The first-order chi connectivity index (χ1) is 9.63. The number of alkyl halides is 2. The zero-order valence-corrected chi connectivity index (χ0v) is 16.9. The summed E-state index contributed by atoms with van der Waals surface area (Å²) < 4.78 is 1.13. The van der Waals surface area contributed by atoms with Gasteiger partial charge < -0.3 is 0 Å². The summed E-state index contributed by atoms with van der Waals surface area (Å²) in [6.45, 7) is 2.21. The Morgan fingerprint density at radius 2 is 1.55 bits per heavy atom. The van der Waals surface area contributed by atoms with E-state index in [0.29, 0.717) is 0 Å². The summed E-state index contributed by atoms with van der Waals surface area (Å²) in [5, 5.41) is 1.90. The van der Waals surface area contributed by atoms with Crippen LogP contribution < -0.4 is 0 Å². The van der Waals surface area contributed by atoms with Crippen LogP contribution in [0.2, 0.25) is 0 Å². The molecule has 20 heavy (non-hydrogen) atoms. The Morgan fingerprint density at radius 1 is 0.950 bits per heavy atom. The molecule has 0 saturated carbocycles. The molecule has 1 heterocycles. The van der Waals surface area contributed by atoms with Gasteiger partial charge in [0.15, 0.2) is 0 Å². The van der Waals surface area contributed by atoms with Gasteiger partial charge in [-0.3, -0.25) is 0 Å². The van der Waals surface area contributed by atoms with Crippen molar-refractivity contribution >= 4 is 59.1 Å². The van der Waals surface area contributed by atoms with Crippen LogP contribution in [-0.4, -0.2) is 10.7 Å². The summed E-state index contributed by atoms with van der Waals surface area (Å²) in [7, 11) is 0. The smallest absolute Gasteiger partial charge is 0.0195 e. The van der Waals surface area contributed by atoms with Gasteiger partial charge in [-0.1, -0.05) is 66.8 Å². The maximum absolute atomic E-state index is 3.73. The van der Waals surface area contributed by atoms with Crippen LogP contribution in [0.3, 0.4) is 0 Å². The first-order valence-electron chi connectivity index (χ1n) is 6.59. The monoisotopic (exact) mass is 478 g/mol. The summed E-state index contributed by atoms with van der Waals surface area (Å²) in [5.41, 5.74) is 1.48. The van der Waals surface area contributed by atoms with Crippen molar-refractivity contribution in [2.45, 2.75) is 25.2 Å². The third kappa shape index (κ3) is 3.76. The molecule has 0 amide bonds. The van der Waals surface area contributed by atoms with Crippen LogP contribution in [0.4, 0.5) is 0 Å². The van der Waals surface area contributed by atoms with Gasteiger partial charge in [-0.2, -0.15) is 0 Å². The van der Waals surface area contributed by atoms with Crippen LogP contribution in [-0.2, 0) is 18.3 Å². The summed E-state index contributed by atoms with van der Waals surface area (Å²) in [6, 6.07) is 13.2. The van der Waals surface area contributed by atoms with E-state index in [4.69, 9.17) is 0 Å². The Kier molecular flexibility index (Phi) is 6.33. The lowest BCUT2D eigenvalue weighted by molar-refractivity contribution is 0.556. The molecule has 0 N–H and O–H groups in total. The second-order valence-corrected chi connectivity index (χ2v) is 8.24. The molecule has 1 aromatic carbocycles. The van der Waals surface area contributed by atoms with Gasteiger partial charge in [0.1, 0.15) is 0 Å². The second kappa shape index (κ2) is 7.57. The van der Waals surface area contributed by atoms with E-state index in [2.05, 4.69) is 91.1 Å². The predicted octanol–water partition coefficient (Wildman–Crippen LogP) is 6.34. The molecule has 108 valence electrons. The van der Waals surface area contributed by atoms with E-state index in [1.54, 1.807) is 0 Å². The predicted molar refractivity (Wildman–Crippen MR) is 101 cm³/mol. The van der Waals surface area contributed by atoms with Gasteiger partial charge in [0, 0.05) is 30.3 Å². The number of benzene rings is 1. The van der Waals surface area contributed by atoms with E-state index in [-0.39, 0.29) is 5.41 Å². The Bertz CT molecular complexity index is 541. The van der Waals surface area contributed by atoms with Crippen molar-refractivity contribution in [1.29, 1.82) is 0 Å². The van der Waals surface area contributed by atoms with E-state index < -0.39 is 0 Å². The van der Waals surface area contributed by atoms with Crippen molar-refractivity contribution in [3.63, 3.8) is 0 Å². The highest BCUT2D eigenvalue weighted by Gasteiger charge is 2.31. The van der Waals surface area contributed by atoms with E-state index >= 15 is 0 Å². The summed E-state index contributed by atoms with van der Waals surface area (Å²) in [4.78, 5) is 2.93. The first-order valence-corrected chi connectivity index (χ1v) is 10.4. The molecule has 0 aliphatic carbocycles. The number of hydrogen-bond acceptors (Lipinski definition) is 1. The van der Waals surface area contributed by atoms with Crippen molar-refractivity contribution in [2.75, 3.05) is 10.7 Å². The SMILES string of the molecule is CCc1ccc(CC(CBr)(CBr)c2ccc(Br)cc2)s1. The molecule has 0 nitrogen and oxygen atoms in total. The van der Waals surface area contributed by atoms with Gasteiger partial charge in [-0.25, -0.2) is 0 Å². The van der Waals surface area contributed by atoms with Gasteiger partial charge in [-0.05, 0) is 42.7 Å². The van der Waals surface area contributed by atoms with Gasteiger partial charge in [0.2, 0.25) is 0 Å². The molecular weight excluding hydrogens is 464 g/mol. The molecule has 0 saturated heterocycles. The molecular formula is C16H17Br3S. The minimum absolute atomic E-state index is 0.108. The fourth-order valence-electron chi connectivity index (χ4n) is 2.23. The van der Waals surface area contributed by atoms with Crippen molar-refractivity contribution in [3.05, 3.63) is 56.2 Å². The Balaban J connectivity index is 2.31. The van der Waals surface area contributed by atoms with Crippen molar-refractivity contribution in [2.24, 2.45) is 0 Å². The molecule has 0 aliphatic rings. The molecule has 0 fully saturated rings. The molecule has 2 aromatic rings. The minimum Gasteiger partial charge on any atom is -0.145 e.